The minimum atomic E-state index is 0.518. The van der Waals surface area contributed by atoms with Crippen LogP contribution < -0.4 is 0 Å². The molecule has 0 aromatic rings. The van der Waals surface area contributed by atoms with E-state index in [1.165, 1.54) is 12.8 Å². The molecule has 2 aliphatic heterocycles. The third kappa shape index (κ3) is 1.24. The maximum Gasteiger partial charge on any atom is 0.0649 e. The zero-order valence-electron chi connectivity index (χ0n) is 15.3. The monoisotopic (exact) mass is 338 g/mol. The summed E-state index contributed by atoms with van der Waals surface area (Å²) in [5.41, 5.74) is 0. The van der Waals surface area contributed by atoms with Gasteiger partial charge in [-0.1, -0.05) is 19.1 Å². The lowest BCUT2D eigenvalue weighted by atomic mass is 9.54. The second-order valence-electron chi connectivity index (χ2n) is 11.2. The molecule has 8 rings (SSSR count). The first-order valence-corrected chi connectivity index (χ1v) is 11.1. The van der Waals surface area contributed by atoms with E-state index in [0.717, 1.165) is 76.9 Å². The molecule has 16 unspecified atom stereocenters. The molecule has 0 aromatic carbocycles. The molecule has 0 spiro atoms. The zero-order chi connectivity index (χ0) is 16.2. The van der Waals surface area contributed by atoms with Crippen molar-refractivity contribution in [3.8, 4) is 0 Å². The van der Waals surface area contributed by atoms with E-state index in [1.807, 2.05) is 7.11 Å². The van der Waals surface area contributed by atoms with Gasteiger partial charge in [-0.2, -0.15) is 0 Å². The standard InChI is InChI=1S/C23H30O2/c1-8-11-6-14(21(8)24-2)20-17(11)22-18-12-7-13(19(18)23(20)25-22)16-10-4-3-9(5-10)15(12)16/h3-4,8-23H,5-7H2,1-2H3. The Morgan fingerprint density at radius 1 is 0.720 bits per heavy atom. The number of ether oxygens (including phenoxy) is 2. The minimum absolute atomic E-state index is 0.518. The van der Waals surface area contributed by atoms with Crippen molar-refractivity contribution in [2.24, 2.45) is 76.9 Å². The number of rotatable bonds is 1. The molecule has 5 saturated carbocycles. The van der Waals surface area contributed by atoms with E-state index in [9.17, 15) is 0 Å². The summed E-state index contributed by atoms with van der Waals surface area (Å²) in [6.07, 6.45) is 11.5. The molecule has 7 fully saturated rings. The van der Waals surface area contributed by atoms with E-state index in [2.05, 4.69) is 19.1 Å². The number of hydrogen-bond donors (Lipinski definition) is 0. The Hall–Kier alpha value is -0.340. The van der Waals surface area contributed by atoms with E-state index >= 15 is 0 Å². The summed E-state index contributed by atoms with van der Waals surface area (Å²) in [5, 5.41) is 0. The molecule has 25 heavy (non-hydrogen) atoms. The predicted octanol–water partition coefficient (Wildman–Crippen LogP) is 3.62. The largest absolute Gasteiger partial charge is 0.381 e. The fourth-order valence-electron chi connectivity index (χ4n) is 11.2. The quantitative estimate of drug-likeness (QED) is 0.537. The Balaban J connectivity index is 1.21. The molecule has 134 valence electrons. The lowest BCUT2D eigenvalue weighted by Gasteiger charge is -2.49. The van der Waals surface area contributed by atoms with Crippen molar-refractivity contribution >= 4 is 0 Å². The predicted molar refractivity (Wildman–Crippen MR) is 93.5 cm³/mol. The highest BCUT2D eigenvalue weighted by molar-refractivity contribution is 5.28. The molecular weight excluding hydrogens is 308 g/mol. The van der Waals surface area contributed by atoms with E-state index in [1.54, 1.807) is 6.42 Å². The van der Waals surface area contributed by atoms with Gasteiger partial charge in [0, 0.05) is 7.11 Å². The van der Waals surface area contributed by atoms with Crippen LogP contribution in [-0.4, -0.2) is 25.4 Å². The second kappa shape index (κ2) is 4.07. The lowest BCUT2D eigenvalue weighted by molar-refractivity contribution is -0.0538. The van der Waals surface area contributed by atoms with Crippen molar-refractivity contribution < 1.29 is 9.47 Å². The van der Waals surface area contributed by atoms with Crippen LogP contribution in [0, 0.1) is 76.9 Å². The van der Waals surface area contributed by atoms with Crippen LogP contribution in [0.5, 0.6) is 0 Å². The smallest absolute Gasteiger partial charge is 0.0649 e. The van der Waals surface area contributed by atoms with Gasteiger partial charge in [0.15, 0.2) is 0 Å². The summed E-state index contributed by atoms with van der Waals surface area (Å²) < 4.78 is 12.9. The van der Waals surface area contributed by atoms with Gasteiger partial charge in [-0.15, -0.1) is 0 Å². The van der Waals surface area contributed by atoms with Crippen LogP contribution in [0.4, 0.5) is 0 Å². The van der Waals surface area contributed by atoms with Gasteiger partial charge in [0.05, 0.1) is 18.3 Å². The number of methoxy groups -OCH3 is 1. The number of fused-ring (bicyclic) bond motifs is 23. The van der Waals surface area contributed by atoms with Gasteiger partial charge in [0.1, 0.15) is 0 Å². The van der Waals surface area contributed by atoms with E-state index < -0.39 is 0 Å². The number of hydrogen-bond acceptors (Lipinski definition) is 2. The van der Waals surface area contributed by atoms with Crippen LogP contribution in [0.1, 0.15) is 26.2 Å². The summed E-state index contributed by atoms with van der Waals surface area (Å²) in [7, 11) is 1.96. The van der Waals surface area contributed by atoms with Crippen molar-refractivity contribution in [2.75, 3.05) is 7.11 Å². The van der Waals surface area contributed by atoms with Gasteiger partial charge in [0.25, 0.3) is 0 Å². The summed E-state index contributed by atoms with van der Waals surface area (Å²) in [5.74, 6) is 12.1. The summed E-state index contributed by atoms with van der Waals surface area (Å²) >= 11 is 0. The van der Waals surface area contributed by atoms with Crippen LogP contribution in [-0.2, 0) is 9.47 Å². The van der Waals surface area contributed by atoms with Gasteiger partial charge in [-0.25, -0.2) is 0 Å². The molecular formula is C23H30O2. The topological polar surface area (TPSA) is 18.5 Å². The van der Waals surface area contributed by atoms with Gasteiger partial charge in [-0.05, 0) is 96.2 Å². The molecule has 8 aliphatic rings. The molecule has 0 N–H and O–H groups in total. The summed E-state index contributed by atoms with van der Waals surface area (Å²) in [6, 6.07) is 0. The molecule has 0 aromatic heterocycles. The first kappa shape index (κ1) is 13.8. The number of allylic oxidation sites excluding steroid dienone is 2. The molecule has 2 heterocycles. The fourth-order valence-corrected chi connectivity index (χ4v) is 11.2. The van der Waals surface area contributed by atoms with Crippen LogP contribution in [0.15, 0.2) is 12.2 Å². The Morgan fingerprint density at radius 3 is 1.92 bits per heavy atom. The highest BCUT2D eigenvalue weighted by atomic mass is 16.5. The normalized spacial score (nSPS) is 75.0. The van der Waals surface area contributed by atoms with E-state index in [4.69, 9.17) is 9.47 Å². The summed E-state index contributed by atoms with van der Waals surface area (Å²) in [4.78, 5) is 0. The van der Waals surface area contributed by atoms with Crippen molar-refractivity contribution in [3.63, 3.8) is 0 Å². The van der Waals surface area contributed by atoms with Gasteiger partial charge in [-0.3, -0.25) is 0 Å². The maximum absolute atomic E-state index is 6.89. The van der Waals surface area contributed by atoms with E-state index in [0.29, 0.717) is 18.3 Å². The molecule has 2 saturated heterocycles. The van der Waals surface area contributed by atoms with Gasteiger partial charge < -0.3 is 9.47 Å². The third-order valence-electron chi connectivity index (χ3n) is 11.2. The van der Waals surface area contributed by atoms with Crippen LogP contribution in [0.2, 0.25) is 0 Å². The van der Waals surface area contributed by atoms with E-state index in [-0.39, 0.29) is 0 Å². The Labute approximate surface area is 150 Å². The average molecular weight is 338 g/mol. The average Bonchev–Trinajstić information content (AvgIpc) is 3.45. The highest BCUT2D eigenvalue weighted by Crippen LogP contribution is 2.77. The molecule has 16 atom stereocenters. The van der Waals surface area contributed by atoms with Crippen molar-refractivity contribution in [1.82, 2.24) is 0 Å². The van der Waals surface area contributed by atoms with Gasteiger partial charge in [0.2, 0.25) is 0 Å². The zero-order valence-corrected chi connectivity index (χ0v) is 15.3. The highest BCUT2D eigenvalue weighted by Gasteiger charge is 2.77. The molecule has 0 radical (unpaired) electrons. The Morgan fingerprint density at radius 2 is 1.28 bits per heavy atom. The van der Waals surface area contributed by atoms with Crippen molar-refractivity contribution in [2.45, 2.75) is 44.5 Å². The molecule has 2 heteroatoms. The van der Waals surface area contributed by atoms with Crippen LogP contribution >= 0.6 is 0 Å². The maximum atomic E-state index is 6.89. The van der Waals surface area contributed by atoms with Crippen molar-refractivity contribution in [3.05, 3.63) is 12.2 Å². The fraction of sp³-hybridized carbons (Fsp3) is 0.913. The molecule has 8 bridgehead atoms. The van der Waals surface area contributed by atoms with Gasteiger partial charge >= 0.3 is 0 Å². The first-order chi connectivity index (χ1) is 12.3. The SMILES string of the molecule is COC1C(C)C2CC1C1C3OC(C21)C1C2CC(C4C5C=CC(C5)C24)C31. The minimum Gasteiger partial charge on any atom is -0.381 e. The molecule has 0 amide bonds. The molecule has 2 nitrogen and oxygen atoms in total. The second-order valence-corrected chi connectivity index (χ2v) is 11.2. The summed E-state index contributed by atoms with van der Waals surface area (Å²) in [6.45, 7) is 2.47. The van der Waals surface area contributed by atoms with Crippen molar-refractivity contribution in [1.29, 1.82) is 0 Å². The lowest BCUT2D eigenvalue weighted by Crippen LogP contribution is -2.52. The third-order valence-corrected chi connectivity index (χ3v) is 11.2. The van der Waals surface area contributed by atoms with Crippen LogP contribution in [0.25, 0.3) is 0 Å². The Bertz CT molecular complexity index is 686. The van der Waals surface area contributed by atoms with Crippen LogP contribution in [0.3, 0.4) is 0 Å². The molecule has 6 aliphatic carbocycles. The first-order valence-electron chi connectivity index (χ1n) is 11.1. The Kier molecular flexibility index (Phi) is 2.24.